The lowest BCUT2D eigenvalue weighted by Crippen LogP contribution is -2.29. The van der Waals surface area contributed by atoms with Crippen molar-refractivity contribution in [3.05, 3.63) is 54.1 Å². The molecule has 8 nitrogen and oxygen atoms in total. The highest BCUT2D eigenvalue weighted by molar-refractivity contribution is 6.02. The fourth-order valence-electron chi connectivity index (χ4n) is 3.12. The van der Waals surface area contributed by atoms with E-state index in [4.69, 9.17) is 0 Å². The van der Waals surface area contributed by atoms with E-state index in [1.807, 2.05) is 37.3 Å². The fraction of sp³-hybridized carbons (Fsp3) is 0.316. The van der Waals surface area contributed by atoms with Gasteiger partial charge in [0.1, 0.15) is 0 Å². The standard InChI is InChI=1S/C19H21N7O.ClH/c1-13-6-11-21-18(22-13)14-2-4-15(5-3-14)23-19(27)17-12-26(25-24-17)16-7-9-20-10-8-16;/h2-6,11-12,16,20H,7-10H2,1H3,(H,23,27);1H. The Morgan fingerprint density at radius 3 is 2.64 bits per heavy atom. The Balaban J connectivity index is 0.00000225. The zero-order valence-corrected chi connectivity index (χ0v) is 16.3. The number of carbonyl (C=O) groups excluding carboxylic acids is 1. The Hall–Kier alpha value is -2.84. The number of aryl methyl sites for hydroxylation is 1. The van der Waals surface area contributed by atoms with Crippen LogP contribution in [-0.2, 0) is 0 Å². The molecule has 3 aromatic rings. The summed E-state index contributed by atoms with van der Waals surface area (Å²) in [5, 5.41) is 14.3. The molecule has 0 radical (unpaired) electrons. The van der Waals surface area contributed by atoms with Gasteiger partial charge in [-0.2, -0.15) is 0 Å². The lowest BCUT2D eigenvalue weighted by atomic mass is 10.1. The number of nitrogens with zero attached hydrogens (tertiary/aromatic N) is 5. The number of aromatic nitrogens is 5. The quantitative estimate of drug-likeness (QED) is 0.699. The molecule has 0 atom stereocenters. The van der Waals surface area contributed by atoms with Crippen LogP contribution in [0.4, 0.5) is 5.69 Å². The third kappa shape index (κ3) is 4.52. The van der Waals surface area contributed by atoms with Crippen molar-refractivity contribution in [2.45, 2.75) is 25.8 Å². The van der Waals surface area contributed by atoms with Crippen LogP contribution < -0.4 is 10.6 Å². The van der Waals surface area contributed by atoms with Crippen molar-refractivity contribution < 1.29 is 4.79 Å². The van der Waals surface area contributed by atoms with E-state index >= 15 is 0 Å². The molecule has 1 amide bonds. The first-order valence-electron chi connectivity index (χ1n) is 9.03. The van der Waals surface area contributed by atoms with E-state index < -0.39 is 0 Å². The average Bonchev–Trinajstić information content (AvgIpc) is 3.20. The highest BCUT2D eigenvalue weighted by Gasteiger charge is 2.18. The Labute approximate surface area is 169 Å². The van der Waals surface area contributed by atoms with Gasteiger partial charge in [0, 0.05) is 23.1 Å². The van der Waals surface area contributed by atoms with Gasteiger partial charge in [-0.1, -0.05) is 5.21 Å². The number of anilines is 1. The van der Waals surface area contributed by atoms with Gasteiger partial charge in [0.25, 0.3) is 5.91 Å². The van der Waals surface area contributed by atoms with Gasteiger partial charge in [0.15, 0.2) is 11.5 Å². The highest BCUT2D eigenvalue weighted by atomic mass is 35.5. The van der Waals surface area contributed by atoms with Crippen molar-refractivity contribution in [3.8, 4) is 11.4 Å². The molecule has 0 spiro atoms. The molecule has 1 saturated heterocycles. The zero-order valence-electron chi connectivity index (χ0n) is 15.5. The van der Waals surface area contributed by atoms with Crippen LogP contribution in [0.2, 0.25) is 0 Å². The Morgan fingerprint density at radius 1 is 1.18 bits per heavy atom. The number of amides is 1. The maximum atomic E-state index is 12.4. The van der Waals surface area contributed by atoms with Crippen molar-refractivity contribution in [1.82, 2.24) is 30.3 Å². The fourth-order valence-corrected chi connectivity index (χ4v) is 3.12. The van der Waals surface area contributed by atoms with Crippen molar-refractivity contribution in [3.63, 3.8) is 0 Å². The van der Waals surface area contributed by atoms with E-state index in [1.54, 1.807) is 17.1 Å². The summed E-state index contributed by atoms with van der Waals surface area (Å²) in [6, 6.07) is 9.59. The van der Waals surface area contributed by atoms with Gasteiger partial charge in [-0.15, -0.1) is 17.5 Å². The summed E-state index contributed by atoms with van der Waals surface area (Å²) in [6.07, 6.45) is 5.44. The first-order chi connectivity index (χ1) is 13.2. The summed E-state index contributed by atoms with van der Waals surface area (Å²) in [6.45, 7) is 3.85. The minimum absolute atomic E-state index is 0. The van der Waals surface area contributed by atoms with E-state index in [1.165, 1.54) is 0 Å². The average molecular weight is 400 g/mol. The van der Waals surface area contributed by atoms with Crippen molar-refractivity contribution >= 4 is 24.0 Å². The smallest absolute Gasteiger partial charge is 0.277 e. The normalized spacial score (nSPS) is 14.3. The predicted molar refractivity (Wildman–Crippen MR) is 109 cm³/mol. The third-order valence-electron chi connectivity index (χ3n) is 4.62. The van der Waals surface area contributed by atoms with Crippen LogP contribution >= 0.6 is 12.4 Å². The van der Waals surface area contributed by atoms with Crippen LogP contribution in [0.3, 0.4) is 0 Å². The highest BCUT2D eigenvalue weighted by Crippen LogP contribution is 2.19. The largest absolute Gasteiger partial charge is 0.321 e. The second-order valence-corrected chi connectivity index (χ2v) is 6.62. The Bertz CT molecular complexity index is 935. The molecule has 146 valence electrons. The molecule has 28 heavy (non-hydrogen) atoms. The van der Waals surface area contributed by atoms with E-state index in [0.29, 0.717) is 23.2 Å². The number of piperidine rings is 1. The first-order valence-corrected chi connectivity index (χ1v) is 9.03. The molecule has 1 aromatic carbocycles. The molecule has 3 heterocycles. The summed E-state index contributed by atoms with van der Waals surface area (Å²) in [5.41, 5.74) is 2.82. The molecular weight excluding hydrogens is 378 g/mol. The lowest BCUT2D eigenvalue weighted by molar-refractivity contribution is 0.102. The zero-order chi connectivity index (χ0) is 18.6. The van der Waals surface area contributed by atoms with Gasteiger partial charge < -0.3 is 10.6 Å². The molecule has 0 unspecified atom stereocenters. The van der Waals surface area contributed by atoms with Crippen molar-refractivity contribution in [1.29, 1.82) is 0 Å². The van der Waals surface area contributed by atoms with Crippen LogP contribution in [0.5, 0.6) is 0 Å². The summed E-state index contributed by atoms with van der Waals surface area (Å²) >= 11 is 0. The summed E-state index contributed by atoms with van der Waals surface area (Å²) in [4.78, 5) is 21.1. The van der Waals surface area contributed by atoms with E-state index in [2.05, 4.69) is 30.9 Å². The number of nitrogens with one attached hydrogen (secondary N) is 2. The second-order valence-electron chi connectivity index (χ2n) is 6.62. The molecule has 2 N–H and O–H groups in total. The number of hydrogen-bond donors (Lipinski definition) is 2. The Morgan fingerprint density at radius 2 is 1.93 bits per heavy atom. The number of rotatable bonds is 4. The van der Waals surface area contributed by atoms with Crippen LogP contribution in [-0.4, -0.2) is 44.0 Å². The molecule has 9 heteroatoms. The molecule has 2 aromatic heterocycles. The molecule has 0 bridgehead atoms. The van der Waals surface area contributed by atoms with Crippen LogP contribution in [0.1, 0.15) is 35.1 Å². The van der Waals surface area contributed by atoms with Crippen molar-refractivity contribution in [2.24, 2.45) is 0 Å². The minimum atomic E-state index is -0.269. The van der Waals surface area contributed by atoms with Crippen LogP contribution in [0, 0.1) is 6.92 Å². The predicted octanol–water partition coefficient (Wildman–Crippen LogP) is 2.64. The van der Waals surface area contributed by atoms with Crippen LogP contribution in [0.25, 0.3) is 11.4 Å². The first kappa shape index (κ1) is 19.9. The lowest BCUT2D eigenvalue weighted by Gasteiger charge is -2.22. The number of halogens is 1. The maximum absolute atomic E-state index is 12.4. The number of carbonyl (C=O) groups is 1. The monoisotopic (exact) mass is 399 g/mol. The van der Waals surface area contributed by atoms with Crippen LogP contribution in [0.15, 0.2) is 42.7 Å². The van der Waals surface area contributed by atoms with Crippen molar-refractivity contribution in [2.75, 3.05) is 18.4 Å². The topological polar surface area (TPSA) is 97.6 Å². The third-order valence-corrected chi connectivity index (χ3v) is 4.62. The number of benzene rings is 1. The second kappa shape index (κ2) is 8.90. The van der Waals surface area contributed by atoms with E-state index in [0.717, 1.165) is 37.2 Å². The van der Waals surface area contributed by atoms with E-state index in [9.17, 15) is 4.79 Å². The molecule has 1 fully saturated rings. The summed E-state index contributed by atoms with van der Waals surface area (Å²) in [7, 11) is 0. The molecule has 1 aliphatic rings. The molecular formula is C19H22ClN7O. The number of hydrogen-bond acceptors (Lipinski definition) is 6. The molecule has 4 rings (SSSR count). The van der Waals surface area contributed by atoms with Gasteiger partial charge in [0.05, 0.1) is 12.2 Å². The molecule has 1 aliphatic heterocycles. The summed E-state index contributed by atoms with van der Waals surface area (Å²) < 4.78 is 1.80. The van der Waals surface area contributed by atoms with Gasteiger partial charge in [-0.05, 0) is 63.2 Å². The van der Waals surface area contributed by atoms with Gasteiger partial charge >= 0.3 is 0 Å². The maximum Gasteiger partial charge on any atom is 0.277 e. The minimum Gasteiger partial charge on any atom is -0.321 e. The van der Waals surface area contributed by atoms with E-state index in [-0.39, 0.29) is 18.3 Å². The molecule has 0 aliphatic carbocycles. The van der Waals surface area contributed by atoms with Gasteiger partial charge in [-0.3, -0.25) is 4.79 Å². The van der Waals surface area contributed by atoms with Gasteiger partial charge in [-0.25, -0.2) is 14.6 Å². The Kier molecular flexibility index (Phi) is 6.33. The molecule has 0 saturated carbocycles. The SMILES string of the molecule is Cc1ccnc(-c2ccc(NC(=O)c3cn(C4CCNCC4)nn3)cc2)n1.Cl. The van der Waals surface area contributed by atoms with Gasteiger partial charge in [0.2, 0.25) is 0 Å². The summed E-state index contributed by atoms with van der Waals surface area (Å²) in [5.74, 6) is 0.396.